The van der Waals surface area contributed by atoms with E-state index in [0.717, 1.165) is 25.9 Å². The molecule has 1 aliphatic heterocycles. The van der Waals surface area contributed by atoms with E-state index in [2.05, 4.69) is 20.7 Å². The Hall–Kier alpha value is -1.73. The van der Waals surface area contributed by atoms with Crippen molar-refractivity contribution in [3.05, 3.63) is 18.1 Å². The molecule has 4 N–H and O–H groups in total. The summed E-state index contributed by atoms with van der Waals surface area (Å²) in [5.74, 6) is 5.31. The number of aromatic nitrogens is 2. The second-order valence-electron chi connectivity index (χ2n) is 4.11. The van der Waals surface area contributed by atoms with Crippen LogP contribution in [0.15, 0.2) is 12.4 Å². The van der Waals surface area contributed by atoms with Crippen LogP contribution in [0.2, 0.25) is 0 Å². The van der Waals surface area contributed by atoms with Gasteiger partial charge in [-0.1, -0.05) is 0 Å². The first kappa shape index (κ1) is 12.7. The smallest absolute Gasteiger partial charge is 0.271 e. The standard InChI is InChI=1S/C11H17N5O2/c12-16-10-7-13-6-9(15-10)11(17)14-4-3-8-2-1-5-18-8/h6-8H,1-5,12H2,(H,14,17)(H,15,16). The molecular formula is C11H17N5O2. The average molecular weight is 251 g/mol. The van der Waals surface area contributed by atoms with Gasteiger partial charge in [-0.2, -0.15) is 0 Å². The first-order valence-electron chi connectivity index (χ1n) is 5.98. The zero-order valence-electron chi connectivity index (χ0n) is 10.1. The van der Waals surface area contributed by atoms with Crippen molar-refractivity contribution in [2.24, 2.45) is 5.84 Å². The number of carbonyl (C=O) groups excluding carboxylic acids is 1. The van der Waals surface area contributed by atoms with Crippen LogP contribution in [0, 0.1) is 0 Å². The fraction of sp³-hybridized carbons (Fsp3) is 0.545. The second kappa shape index (κ2) is 6.27. The van der Waals surface area contributed by atoms with Gasteiger partial charge >= 0.3 is 0 Å². The highest BCUT2D eigenvalue weighted by atomic mass is 16.5. The van der Waals surface area contributed by atoms with Gasteiger partial charge in [0.25, 0.3) is 5.91 Å². The first-order valence-corrected chi connectivity index (χ1v) is 5.98. The molecule has 7 nitrogen and oxygen atoms in total. The van der Waals surface area contributed by atoms with E-state index in [1.807, 2.05) is 0 Å². The van der Waals surface area contributed by atoms with E-state index in [9.17, 15) is 4.79 Å². The minimum absolute atomic E-state index is 0.248. The van der Waals surface area contributed by atoms with Gasteiger partial charge in [-0.3, -0.25) is 9.78 Å². The summed E-state index contributed by atoms with van der Waals surface area (Å²) in [6.07, 6.45) is 6.13. The van der Waals surface area contributed by atoms with Crippen molar-refractivity contribution in [1.82, 2.24) is 15.3 Å². The lowest BCUT2D eigenvalue weighted by Gasteiger charge is -2.09. The number of hydrogen-bond acceptors (Lipinski definition) is 6. The Kier molecular flexibility index (Phi) is 4.43. The second-order valence-corrected chi connectivity index (χ2v) is 4.11. The topological polar surface area (TPSA) is 102 Å². The Morgan fingerprint density at radius 2 is 2.44 bits per heavy atom. The van der Waals surface area contributed by atoms with Gasteiger partial charge in [0.05, 0.1) is 18.5 Å². The van der Waals surface area contributed by atoms with Crippen LogP contribution < -0.4 is 16.6 Å². The molecule has 1 saturated heterocycles. The van der Waals surface area contributed by atoms with Crippen LogP contribution in [-0.4, -0.2) is 35.1 Å². The highest BCUT2D eigenvalue weighted by Crippen LogP contribution is 2.14. The van der Waals surface area contributed by atoms with Crippen LogP contribution in [-0.2, 0) is 4.74 Å². The minimum Gasteiger partial charge on any atom is -0.378 e. The molecule has 0 saturated carbocycles. The number of hydrogen-bond donors (Lipinski definition) is 3. The summed E-state index contributed by atoms with van der Waals surface area (Å²) in [6.45, 7) is 1.40. The average Bonchev–Trinajstić information content (AvgIpc) is 2.92. The van der Waals surface area contributed by atoms with E-state index in [4.69, 9.17) is 10.6 Å². The molecule has 1 unspecified atom stereocenters. The summed E-state index contributed by atoms with van der Waals surface area (Å²) >= 11 is 0. The van der Waals surface area contributed by atoms with Gasteiger partial charge in [-0.25, -0.2) is 10.8 Å². The molecule has 1 atom stereocenters. The normalized spacial score (nSPS) is 18.6. The highest BCUT2D eigenvalue weighted by molar-refractivity contribution is 5.92. The molecule has 0 radical (unpaired) electrons. The molecule has 2 heterocycles. The molecule has 0 aromatic carbocycles. The van der Waals surface area contributed by atoms with Gasteiger partial charge in [0.15, 0.2) is 5.82 Å². The SMILES string of the molecule is NNc1cncc(C(=O)NCCC2CCCO2)n1. The quantitative estimate of drug-likeness (QED) is 0.505. The number of nitrogens with zero attached hydrogens (tertiary/aromatic N) is 2. The molecule has 1 aliphatic rings. The number of anilines is 1. The van der Waals surface area contributed by atoms with Gasteiger partial charge in [0.2, 0.25) is 0 Å². The summed E-state index contributed by atoms with van der Waals surface area (Å²) in [4.78, 5) is 19.6. The number of ether oxygens (including phenoxy) is 1. The highest BCUT2D eigenvalue weighted by Gasteiger charge is 2.15. The van der Waals surface area contributed by atoms with Gasteiger partial charge in [0.1, 0.15) is 5.69 Å². The Labute approximate surface area is 105 Å². The van der Waals surface area contributed by atoms with Crippen LogP contribution in [0.25, 0.3) is 0 Å². The van der Waals surface area contributed by atoms with Crippen LogP contribution >= 0.6 is 0 Å². The van der Waals surface area contributed by atoms with Crippen molar-refractivity contribution in [2.45, 2.75) is 25.4 Å². The predicted octanol–water partition coefficient (Wildman–Crippen LogP) is 0.0611. The molecule has 1 aromatic heterocycles. The summed E-state index contributed by atoms with van der Waals surface area (Å²) in [7, 11) is 0. The molecule has 0 bridgehead atoms. The number of nitrogens with one attached hydrogen (secondary N) is 2. The first-order chi connectivity index (χ1) is 8.79. The van der Waals surface area contributed by atoms with E-state index in [-0.39, 0.29) is 17.7 Å². The monoisotopic (exact) mass is 251 g/mol. The number of carbonyl (C=O) groups is 1. The molecular weight excluding hydrogens is 234 g/mol. The van der Waals surface area contributed by atoms with Crippen molar-refractivity contribution < 1.29 is 9.53 Å². The van der Waals surface area contributed by atoms with Crippen molar-refractivity contribution in [3.63, 3.8) is 0 Å². The fourth-order valence-electron chi connectivity index (χ4n) is 1.85. The molecule has 0 spiro atoms. The Bertz CT molecular complexity index is 406. The molecule has 98 valence electrons. The third kappa shape index (κ3) is 3.38. The summed E-state index contributed by atoms with van der Waals surface area (Å²) in [5.41, 5.74) is 2.60. The third-order valence-electron chi connectivity index (χ3n) is 2.79. The van der Waals surface area contributed by atoms with E-state index >= 15 is 0 Å². The van der Waals surface area contributed by atoms with E-state index in [1.165, 1.54) is 12.4 Å². The zero-order chi connectivity index (χ0) is 12.8. The summed E-state index contributed by atoms with van der Waals surface area (Å²) < 4.78 is 5.47. The van der Waals surface area contributed by atoms with Crippen LogP contribution in [0.1, 0.15) is 29.8 Å². The number of nitrogen functional groups attached to an aromatic ring is 1. The maximum Gasteiger partial charge on any atom is 0.271 e. The molecule has 18 heavy (non-hydrogen) atoms. The number of rotatable bonds is 5. The van der Waals surface area contributed by atoms with E-state index < -0.39 is 0 Å². The van der Waals surface area contributed by atoms with Crippen molar-refractivity contribution >= 4 is 11.7 Å². The van der Waals surface area contributed by atoms with Crippen LogP contribution in [0.5, 0.6) is 0 Å². The Balaban J connectivity index is 1.79. The molecule has 1 amide bonds. The number of hydrazine groups is 1. The molecule has 0 aliphatic carbocycles. The van der Waals surface area contributed by atoms with Crippen molar-refractivity contribution in [2.75, 3.05) is 18.6 Å². The van der Waals surface area contributed by atoms with E-state index in [1.54, 1.807) is 0 Å². The lowest BCUT2D eigenvalue weighted by Crippen LogP contribution is -2.28. The fourth-order valence-corrected chi connectivity index (χ4v) is 1.85. The zero-order valence-corrected chi connectivity index (χ0v) is 10.1. The lowest BCUT2D eigenvalue weighted by atomic mass is 10.2. The molecule has 1 fully saturated rings. The number of nitrogens with two attached hydrogens (primary N) is 1. The summed E-state index contributed by atoms with van der Waals surface area (Å²) in [6, 6.07) is 0. The van der Waals surface area contributed by atoms with E-state index in [0.29, 0.717) is 12.4 Å². The van der Waals surface area contributed by atoms with Crippen LogP contribution in [0.4, 0.5) is 5.82 Å². The molecule has 2 rings (SSSR count). The number of amides is 1. The summed E-state index contributed by atoms with van der Waals surface area (Å²) in [5, 5.41) is 2.79. The van der Waals surface area contributed by atoms with Gasteiger partial charge in [-0.05, 0) is 19.3 Å². The largest absolute Gasteiger partial charge is 0.378 e. The van der Waals surface area contributed by atoms with Gasteiger partial charge in [0, 0.05) is 13.2 Å². The van der Waals surface area contributed by atoms with Crippen molar-refractivity contribution in [1.29, 1.82) is 0 Å². The van der Waals surface area contributed by atoms with Gasteiger partial charge in [-0.15, -0.1) is 0 Å². The Morgan fingerprint density at radius 1 is 1.56 bits per heavy atom. The maximum atomic E-state index is 11.8. The predicted molar refractivity (Wildman–Crippen MR) is 65.8 cm³/mol. The molecule has 1 aromatic rings. The van der Waals surface area contributed by atoms with Crippen LogP contribution in [0.3, 0.4) is 0 Å². The third-order valence-corrected chi connectivity index (χ3v) is 2.79. The van der Waals surface area contributed by atoms with Crippen molar-refractivity contribution in [3.8, 4) is 0 Å². The minimum atomic E-state index is -0.252. The lowest BCUT2D eigenvalue weighted by molar-refractivity contribution is 0.0903. The Morgan fingerprint density at radius 3 is 3.17 bits per heavy atom. The maximum absolute atomic E-state index is 11.8. The molecule has 7 heteroatoms. The van der Waals surface area contributed by atoms with Gasteiger partial charge < -0.3 is 15.5 Å².